The Labute approximate surface area is 171 Å². The number of ether oxygens (including phenoxy) is 2. The fourth-order valence-electron chi connectivity index (χ4n) is 2.66. The largest absolute Gasteiger partial charge is 0.497 e. The van der Waals surface area contributed by atoms with Crippen molar-refractivity contribution in [1.29, 1.82) is 0 Å². The van der Waals surface area contributed by atoms with E-state index in [1.165, 1.54) is 26.4 Å². The maximum atomic E-state index is 12.7. The molecular formula is C20H25NO5S2. The van der Waals surface area contributed by atoms with Gasteiger partial charge in [0.25, 0.3) is 0 Å². The van der Waals surface area contributed by atoms with Crippen molar-refractivity contribution < 1.29 is 22.7 Å². The first-order valence-electron chi connectivity index (χ1n) is 8.82. The molecule has 0 aliphatic heterocycles. The van der Waals surface area contributed by atoms with Gasteiger partial charge in [0.2, 0.25) is 9.84 Å². The van der Waals surface area contributed by atoms with E-state index < -0.39 is 15.9 Å². The summed E-state index contributed by atoms with van der Waals surface area (Å²) in [5.41, 5.74) is 0.869. The lowest BCUT2D eigenvalue weighted by Gasteiger charge is -2.16. The Hall–Kier alpha value is -2.03. The van der Waals surface area contributed by atoms with Gasteiger partial charge in [0.1, 0.15) is 11.8 Å². The van der Waals surface area contributed by atoms with Crippen LogP contribution in [-0.4, -0.2) is 40.4 Å². The number of nitrogens with one attached hydrogen (secondary N) is 1. The third-order valence-corrected chi connectivity index (χ3v) is 6.39. The zero-order chi connectivity index (χ0) is 20.6. The smallest absolute Gasteiger partial charge is 0.322 e. The number of sulfone groups is 1. The minimum absolute atomic E-state index is 0.205. The van der Waals surface area contributed by atoms with Gasteiger partial charge in [0, 0.05) is 6.54 Å². The summed E-state index contributed by atoms with van der Waals surface area (Å²) in [4.78, 5) is 12.2. The summed E-state index contributed by atoms with van der Waals surface area (Å²) in [6.07, 6.45) is 1.41. The van der Waals surface area contributed by atoms with Gasteiger partial charge < -0.3 is 14.8 Å². The van der Waals surface area contributed by atoms with E-state index in [0.717, 1.165) is 12.0 Å². The number of hydrogen-bond acceptors (Lipinski definition) is 7. The maximum absolute atomic E-state index is 12.7. The van der Waals surface area contributed by atoms with Gasteiger partial charge in [-0.05, 0) is 60.6 Å². The third kappa shape index (κ3) is 5.73. The van der Waals surface area contributed by atoms with Crippen molar-refractivity contribution in [3.8, 4) is 5.75 Å². The molecule has 0 fully saturated rings. The maximum Gasteiger partial charge on any atom is 0.322 e. The summed E-state index contributed by atoms with van der Waals surface area (Å²) in [5, 5.41) is 3.15. The van der Waals surface area contributed by atoms with E-state index in [1.54, 1.807) is 36.4 Å². The molecule has 2 aromatic carbocycles. The molecule has 0 amide bonds. The van der Waals surface area contributed by atoms with Gasteiger partial charge in [0.15, 0.2) is 0 Å². The molecule has 2 rings (SSSR count). The van der Waals surface area contributed by atoms with Gasteiger partial charge in [-0.3, -0.25) is 4.79 Å². The Morgan fingerprint density at radius 3 is 2.11 bits per heavy atom. The second-order valence-corrected chi connectivity index (χ2v) is 8.54. The number of methoxy groups -OCH3 is 2. The van der Waals surface area contributed by atoms with Crippen molar-refractivity contribution in [2.45, 2.75) is 35.2 Å². The van der Waals surface area contributed by atoms with Crippen molar-refractivity contribution in [3.05, 3.63) is 54.1 Å². The van der Waals surface area contributed by atoms with Crippen LogP contribution in [0.15, 0.2) is 58.3 Å². The van der Waals surface area contributed by atoms with Crippen LogP contribution in [0.4, 0.5) is 0 Å². The van der Waals surface area contributed by atoms with E-state index in [0.29, 0.717) is 24.5 Å². The summed E-state index contributed by atoms with van der Waals surface area (Å²) < 4.78 is 35.3. The summed E-state index contributed by atoms with van der Waals surface area (Å²) in [6.45, 7) is 0.426. The van der Waals surface area contributed by atoms with Gasteiger partial charge in [-0.15, -0.1) is 0 Å². The molecule has 152 valence electrons. The zero-order valence-electron chi connectivity index (χ0n) is 15.9. The van der Waals surface area contributed by atoms with E-state index in [-0.39, 0.29) is 15.8 Å². The highest BCUT2D eigenvalue weighted by Crippen LogP contribution is 2.23. The van der Waals surface area contributed by atoms with Crippen molar-refractivity contribution in [1.82, 2.24) is 5.32 Å². The summed E-state index contributed by atoms with van der Waals surface area (Å²) in [7, 11) is -0.715. The van der Waals surface area contributed by atoms with Gasteiger partial charge >= 0.3 is 5.97 Å². The lowest BCUT2D eigenvalue weighted by atomic mass is 10.1. The number of hydrogen-bond donors (Lipinski definition) is 2. The Morgan fingerprint density at radius 1 is 1.04 bits per heavy atom. The molecule has 0 aromatic heterocycles. The molecule has 28 heavy (non-hydrogen) atoms. The second-order valence-electron chi connectivity index (χ2n) is 6.15. The fraction of sp³-hybridized carbons (Fsp3) is 0.350. The molecule has 1 N–H and O–H groups in total. The van der Waals surface area contributed by atoms with Crippen LogP contribution in [0.1, 0.15) is 18.4 Å². The van der Waals surface area contributed by atoms with Crippen LogP contribution in [-0.2, 0) is 25.9 Å². The van der Waals surface area contributed by atoms with Crippen LogP contribution < -0.4 is 10.1 Å². The molecule has 0 radical (unpaired) electrons. The third-order valence-electron chi connectivity index (χ3n) is 4.29. The fourth-order valence-corrected chi connectivity index (χ4v) is 4.10. The van der Waals surface area contributed by atoms with Crippen LogP contribution in [0.5, 0.6) is 5.75 Å². The van der Waals surface area contributed by atoms with Crippen molar-refractivity contribution in [2.75, 3.05) is 20.0 Å². The average molecular weight is 424 g/mol. The summed E-state index contributed by atoms with van der Waals surface area (Å²) >= 11 is 4.17. The number of benzene rings is 2. The minimum atomic E-state index is -3.60. The van der Waals surface area contributed by atoms with Gasteiger partial charge in [-0.2, -0.15) is 12.6 Å². The highest BCUT2D eigenvalue weighted by Gasteiger charge is 2.19. The number of carbonyl (C=O) groups excluding carboxylic acids is 1. The van der Waals surface area contributed by atoms with E-state index in [1.807, 2.05) is 0 Å². The molecule has 0 aliphatic rings. The van der Waals surface area contributed by atoms with Gasteiger partial charge in [0.05, 0.1) is 24.0 Å². The first-order chi connectivity index (χ1) is 13.4. The Kier molecular flexibility index (Phi) is 8.35. The second kappa shape index (κ2) is 10.5. The number of carbonyl (C=O) groups is 1. The van der Waals surface area contributed by atoms with Crippen molar-refractivity contribution in [2.24, 2.45) is 0 Å². The molecule has 0 spiro atoms. The molecule has 0 aliphatic carbocycles. The van der Waals surface area contributed by atoms with E-state index in [4.69, 9.17) is 9.47 Å². The molecule has 0 heterocycles. The Morgan fingerprint density at radius 2 is 1.61 bits per heavy atom. The van der Waals surface area contributed by atoms with E-state index in [2.05, 4.69) is 17.9 Å². The predicted octanol–water partition coefficient (Wildman–Crippen LogP) is 2.87. The highest BCUT2D eigenvalue weighted by atomic mass is 32.2. The summed E-state index contributed by atoms with van der Waals surface area (Å²) in [5.74, 6) is 0.964. The van der Waals surface area contributed by atoms with E-state index in [9.17, 15) is 13.2 Å². The topological polar surface area (TPSA) is 81.7 Å². The van der Waals surface area contributed by atoms with Crippen molar-refractivity contribution in [3.63, 3.8) is 0 Å². The molecule has 8 heteroatoms. The van der Waals surface area contributed by atoms with Crippen molar-refractivity contribution >= 4 is 28.4 Å². The Bertz CT molecular complexity index is 864. The quantitative estimate of drug-likeness (QED) is 0.452. The minimum Gasteiger partial charge on any atom is -0.497 e. The molecular weight excluding hydrogens is 398 g/mol. The number of thiol groups is 1. The van der Waals surface area contributed by atoms with Crippen LogP contribution >= 0.6 is 12.6 Å². The Balaban J connectivity index is 2.08. The molecule has 2 aromatic rings. The zero-order valence-corrected chi connectivity index (χ0v) is 17.6. The predicted molar refractivity (Wildman–Crippen MR) is 111 cm³/mol. The number of esters is 1. The van der Waals surface area contributed by atoms with E-state index >= 15 is 0 Å². The standard InChI is InChI=1S/C20H25NO5S2/c1-25-16-7-11-18(12-8-16)28(23,24)17-9-5-15(6-10-17)14-21-19(4-3-13-27)20(22)26-2/h5-12,19,21,27H,3-4,13-14H2,1-2H3. The number of rotatable bonds is 10. The summed E-state index contributed by atoms with van der Waals surface area (Å²) in [6, 6.07) is 12.4. The molecule has 0 saturated carbocycles. The van der Waals surface area contributed by atoms with Crippen LogP contribution in [0, 0.1) is 0 Å². The normalized spacial score (nSPS) is 12.4. The SMILES string of the molecule is COC(=O)C(CCCS)NCc1ccc(S(=O)(=O)c2ccc(OC)cc2)cc1. The average Bonchev–Trinajstić information content (AvgIpc) is 2.73. The first kappa shape index (κ1) is 22.3. The lowest BCUT2D eigenvalue weighted by molar-refractivity contribution is -0.143. The molecule has 1 atom stereocenters. The van der Waals surface area contributed by atoms with Gasteiger partial charge in [-0.25, -0.2) is 8.42 Å². The van der Waals surface area contributed by atoms with Gasteiger partial charge in [-0.1, -0.05) is 12.1 Å². The molecule has 0 saturated heterocycles. The molecule has 6 nitrogen and oxygen atoms in total. The van der Waals surface area contributed by atoms with Crippen LogP contribution in [0.3, 0.4) is 0 Å². The van der Waals surface area contributed by atoms with Crippen LogP contribution in [0.2, 0.25) is 0 Å². The molecule has 0 bridgehead atoms. The lowest BCUT2D eigenvalue weighted by Crippen LogP contribution is -2.37. The van der Waals surface area contributed by atoms with Crippen LogP contribution in [0.25, 0.3) is 0 Å². The molecule has 1 unspecified atom stereocenters. The monoisotopic (exact) mass is 423 g/mol. The highest BCUT2D eigenvalue weighted by molar-refractivity contribution is 7.91. The first-order valence-corrected chi connectivity index (χ1v) is 10.9.